The highest BCUT2D eigenvalue weighted by Gasteiger charge is 2.36. The first-order chi connectivity index (χ1) is 13.7. The minimum Gasteiger partial charge on any atom is -0.459 e. The molecule has 4 aromatic rings. The van der Waals surface area contributed by atoms with E-state index in [-0.39, 0.29) is 11.7 Å². The Balaban J connectivity index is 1.40. The number of benzene rings is 2. The Labute approximate surface area is 160 Å². The number of amides is 1. The van der Waals surface area contributed by atoms with Crippen LogP contribution in [0.1, 0.15) is 23.4 Å². The van der Waals surface area contributed by atoms with Gasteiger partial charge in [-0.3, -0.25) is 4.79 Å². The maximum atomic E-state index is 12.8. The minimum absolute atomic E-state index is 0.228. The van der Waals surface area contributed by atoms with Crippen molar-refractivity contribution in [3.05, 3.63) is 66.6 Å². The highest BCUT2D eigenvalue weighted by molar-refractivity contribution is 6.05. The standard InChI is InChI=1S/C22H17NO5/c24-21(20-8-4-12-26-20)23-11-3-6-17(23)22(25)27-14-9-10-19-16(13-14)15-5-1-2-7-18(15)28-19/h1-2,4-5,7-10,12-13,17H,3,6,11H2. The van der Waals surface area contributed by atoms with E-state index in [1.54, 1.807) is 30.3 Å². The quantitative estimate of drug-likeness (QED) is 0.392. The summed E-state index contributed by atoms with van der Waals surface area (Å²) in [4.78, 5) is 26.9. The Morgan fingerprint density at radius 1 is 1.00 bits per heavy atom. The summed E-state index contributed by atoms with van der Waals surface area (Å²) in [7, 11) is 0. The summed E-state index contributed by atoms with van der Waals surface area (Å²) in [6.07, 6.45) is 2.76. The summed E-state index contributed by atoms with van der Waals surface area (Å²) >= 11 is 0. The van der Waals surface area contributed by atoms with Crippen LogP contribution < -0.4 is 4.74 Å². The van der Waals surface area contributed by atoms with Gasteiger partial charge in [0.05, 0.1) is 6.26 Å². The third kappa shape index (κ3) is 2.74. The molecule has 1 aliphatic heterocycles. The lowest BCUT2D eigenvalue weighted by molar-refractivity contribution is -0.138. The first kappa shape index (κ1) is 16.6. The van der Waals surface area contributed by atoms with Gasteiger partial charge in [-0.25, -0.2) is 4.79 Å². The maximum Gasteiger partial charge on any atom is 0.334 e. The van der Waals surface area contributed by atoms with E-state index in [0.717, 1.165) is 28.4 Å². The van der Waals surface area contributed by atoms with Crippen LogP contribution in [0.25, 0.3) is 21.9 Å². The lowest BCUT2D eigenvalue weighted by Crippen LogP contribution is -2.42. The number of furan rings is 2. The second-order valence-corrected chi connectivity index (χ2v) is 6.81. The second-order valence-electron chi connectivity index (χ2n) is 6.81. The number of esters is 1. The second kappa shape index (κ2) is 6.56. The highest BCUT2D eigenvalue weighted by atomic mass is 16.5. The molecule has 1 atom stereocenters. The minimum atomic E-state index is -0.616. The maximum absolute atomic E-state index is 12.8. The average Bonchev–Trinajstić information content (AvgIpc) is 3.46. The van der Waals surface area contributed by atoms with Gasteiger partial charge in [0.25, 0.3) is 5.91 Å². The molecule has 2 aromatic heterocycles. The molecule has 0 aliphatic carbocycles. The van der Waals surface area contributed by atoms with E-state index in [9.17, 15) is 9.59 Å². The van der Waals surface area contributed by atoms with Crippen molar-refractivity contribution in [2.45, 2.75) is 18.9 Å². The molecule has 2 aromatic carbocycles. The SMILES string of the molecule is O=C(Oc1ccc2oc3ccccc3c2c1)C1CCCN1C(=O)c1ccco1. The van der Waals surface area contributed by atoms with E-state index in [4.69, 9.17) is 13.6 Å². The third-order valence-electron chi connectivity index (χ3n) is 5.08. The number of para-hydroxylation sites is 1. The summed E-state index contributed by atoms with van der Waals surface area (Å²) in [6, 6.07) is 15.6. The zero-order valence-electron chi connectivity index (χ0n) is 15.0. The van der Waals surface area contributed by atoms with Gasteiger partial charge in [0.15, 0.2) is 5.76 Å². The van der Waals surface area contributed by atoms with Crippen LogP contribution in [0.4, 0.5) is 0 Å². The summed E-state index contributed by atoms with van der Waals surface area (Å²) < 4.78 is 16.6. The molecule has 1 fully saturated rings. The zero-order chi connectivity index (χ0) is 19.1. The molecule has 140 valence electrons. The van der Waals surface area contributed by atoms with E-state index in [1.165, 1.54) is 11.2 Å². The molecule has 1 amide bonds. The molecule has 0 spiro atoms. The number of fused-ring (bicyclic) bond motifs is 3. The van der Waals surface area contributed by atoms with Crippen molar-refractivity contribution in [3.63, 3.8) is 0 Å². The fourth-order valence-electron chi connectivity index (χ4n) is 3.75. The van der Waals surface area contributed by atoms with E-state index in [1.807, 2.05) is 24.3 Å². The van der Waals surface area contributed by atoms with E-state index >= 15 is 0 Å². The average molecular weight is 375 g/mol. The fraction of sp³-hybridized carbons (Fsp3) is 0.182. The van der Waals surface area contributed by atoms with Gasteiger partial charge in [0, 0.05) is 17.3 Å². The van der Waals surface area contributed by atoms with Crippen molar-refractivity contribution in [3.8, 4) is 5.75 Å². The molecule has 1 aliphatic rings. The largest absolute Gasteiger partial charge is 0.459 e. The number of hydrogen-bond donors (Lipinski definition) is 0. The van der Waals surface area contributed by atoms with Crippen LogP contribution >= 0.6 is 0 Å². The zero-order valence-corrected chi connectivity index (χ0v) is 15.0. The van der Waals surface area contributed by atoms with Crippen molar-refractivity contribution in [1.29, 1.82) is 0 Å². The van der Waals surface area contributed by atoms with E-state index < -0.39 is 12.0 Å². The Morgan fingerprint density at radius 2 is 1.86 bits per heavy atom. The van der Waals surface area contributed by atoms with Gasteiger partial charge in [-0.2, -0.15) is 0 Å². The number of likely N-dealkylation sites (tertiary alicyclic amines) is 1. The van der Waals surface area contributed by atoms with Gasteiger partial charge in [0.1, 0.15) is 23.0 Å². The highest BCUT2D eigenvalue weighted by Crippen LogP contribution is 2.32. The summed E-state index contributed by atoms with van der Waals surface area (Å²) in [5.41, 5.74) is 1.52. The molecule has 0 saturated carbocycles. The van der Waals surface area contributed by atoms with Crippen LogP contribution in [0.5, 0.6) is 5.75 Å². The Morgan fingerprint density at radius 3 is 2.71 bits per heavy atom. The van der Waals surface area contributed by atoms with Gasteiger partial charge in [0.2, 0.25) is 0 Å². The van der Waals surface area contributed by atoms with Crippen LogP contribution in [0.15, 0.2) is 69.7 Å². The van der Waals surface area contributed by atoms with Crippen molar-refractivity contribution in [2.24, 2.45) is 0 Å². The molecule has 1 unspecified atom stereocenters. The molecule has 1 saturated heterocycles. The molecule has 0 bridgehead atoms. The predicted molar refractivity (Wildman–Crippen MR) is 102 cm³/mol. The summed E-state index contributed by atoms with van der Waals surface area (Å²) in [6.45, 7) is 0.505. The van der Waals surface area contributed by atoms with E-state index in [0.29, 0.717) is 18.7 Å². The lowest BCUT2D eigenvalue weighted by atomic mass is 10.1. The molecule has 6 heteroatoms. The van der Waals surface area contributed by atoms with Crippen LogP contribution in [0.2, 0.25) is 0 Å². The smallest absolute Gasteiger partial charge is 0.334 e. The van der Waals surface area contributed by atoms with E-state index in [2.05, 4.69) is 0 Å². The molecule has 0 radical (unpaired) electrons. The van der Waals surface area contributed by atoms with Gasteiger partial charge in [-0.1, -0.05) is 18.2 Å². The van der Waals surface area contributed by atoms with Crippen molar-refractivity contribution in [1.82, 2.24) is 4.90 Å². The van der Waals surface area contributed by atoms with Gasteiger partial charge < -0.3 is 18.5 Å². The number of ether oxygens (including phenoxy) is 1. The molecular formula is C22H17NO5. The van der Waals surface area contributed by atoms with Crippen LogP contribution in [0, 0.1) is 0 Å². The topological polar surface area (TPSA) is 72.9 Å². The molecule has 0 N–H and O–H groups in total. The third-order valence-corrected chi connectivity index (χ3v) is 5.08. The van der Waals surface area contributed by atoms with Crippen molar-refractivity contribution < 1.29 is 23.2 Å². The van der Waals surface area contributed by atoms with Crippen LogP contribution in [-0.2, 0) is 4.79 Å². The fourth-order valence-corrected chi connectivity index (χ4v) is 3.75. The molecule has 6 nitrogen and oxygen atoms in total. The Hall–Kier alpha value is -3.54. The van der Waals surface area contributed by atoms with Gasteiger partial charge in [-0.05, 0) is 49.2 Å². The van der Waals surface area contributed by atoms with Crippen molar-refractivity contribution >= 4 is 33.8 Å². The molecule has 28 heavy (non-hydrogen) atoms. The first-order valence-electron chi connectivity index (χ1n) is 9.18. The van der Waals surface area contributed by atoms with Gasteiger partial charge in [-0.15, -0.1) is 0 Å². The lowest BCUT2D eigenvalue weighted by Gasteiger charge is -2.22. The number of carbonyl (C=O) groups is 2. The Bertz CT molecular complexity index is 1170. The van der Waals surface area contributed by atoms with Crippen LogP contribution in [-0.4, -0.2) is 29.4 Å². The van der Waals surface area contributed by atoms with Crippen LogP contribution in [0.3, 0.4) is 0 Å². The number of carbonyl (C=O) groups excluding carboxylic acids is 2. The molecular weight excluding hydrogens is 358 g/mol. The van der Waals surface area contributed by atoms with Gasteiger partial charge >= 0.3 is 5.97 Å². The summed E-state index contributed by atoms with van der Waals surface area (Å²) in [5.74, 6) is -0.0716. The number of nitrogens with zero attached hydrogens (tertiary/aromatic N) is 1. The number of hydrogen-bond acceptors (Lipinski definition) is 5. The molecule has 5 rings (SSSR count). The summed E-state index contributed by atoms with van der Waals surface area (Å²) in [5, 5.41) is 1.85. The first-order valence-corrected chi connectivity index (χ1v) is 9.18. The Kier molecular flexibility index (Phi) is 3.90. The predicted octanol–water partition coefficient (Wildman–Crippen LogP) is 4.39. The monoisotopic (exact) mass is 375 g/mol. The molecule has 3 heterocycles. The van der Waals surface area contributed by atoms with Crippen molar-refractivity contribution in [2.75, 3.05) is 6.54 Å². The number of rotatable bonds is 3. The normalized spacial score (nSPS) is 16.7.